The maximum Gasteiger partial charge on any atom is 0.0759 e. The van der Waals surface area contributed by atoms with Crippen molar-refractivity contribution in [1.82, 2.24) is 15.3 Å². The molecule has 0 spiro atoms. The minimum Gasteiger partial charge on any atom is -0.309 e. The predicted molar refractivity (Wildman–Crippen MR) is 65.1 cm³/mol. The molecule has 1 aliphatic rings. The van der Waals surface area contributed by atoms with E-state index in [0.717, 1.165) is 23.9 Å². The van der Waals surface area contributed by atoms with Crippen molar-refractivity contribution >= 4 is 0 Å². The van der Waals surface area contributed by atoms with Crippen molar-refractivity contribution < 1.29 is 0 Å². The number of hydrogen-bond donors (Lipinski definition) is 1. The summed E-state index contributed by atoms with van der Waals surface area (Å²) in [5, 5.41) is 3.56. The van der Waals surface area contributed by atoms with Crippen LogP contribution in [0.4, 0.5) is 0 Å². The first-order chi connectivity index (χ1) is 7.81. The van der Waals surface area contributed by atoms with Gasteiger partial charge in [0.05, 0.1) is 23.6 Å². The number of hydrogen-bond acceptors (Lipinski definition) is 3. The molecule has 1 unspecified atom stereocenters. The summed E-state index contributed by atoms with van der Waals surface area (Å²) in [6, 6.07) is 0.403. The van der Waals surface area contributed by atoms with E-state index in [4.69, 9.17) is 0 Å². The van der Waals surface area contributed by atoms with Crippen molar-refractivity contribution in [3.05, 3.63) is 23.8 Å². The van der Waals surface area contributed by atoms with E-state index in [1.54, 1.807) is 0 Å². The first-order valence-electron chi connectivity index (χ1n) is 6.33. The van der Waals surface area contributed by atoms with Crippen LogP contribution in [0.1, 0.15) is 50.0 Å². The van der Waals surface area contributed by atoms with Gasteiger partial charge in [-0.05, 0) is 32.2 Å². The molecule has 0 saturated heterocycles. The molecule has 3 heteroatoms. The van der Waals surface area contributed by atoms with Gasteiger partial charge in [-0.25, -0.2) is 0 Å². The van der Waals surface area contributed by atoms with Crippen molar-refractivity contribution in [3.63, 3.8) is 0 Å². The molecule has 1 aromatic rings. The molecule has 0 bridgehead atoms. The van der Waals surface area contributed by atoms with Crippen LogP contribution in [-0.2, 0) is 0 Å². The average Bonchev–Trinajstić information content (AvgIpc) is 2.81. The van der Waals surface area contributed by atoms with Gasteiger partial charge in [-0.3, -0.25) is 9.97 Å². The van der Waals surface area contributed by atoms with Crippen LogP contribution in [0.5, 0.6) is 0 Å². The fraction of sp³-hybridized carbons (Fsp3) is 0.692. The summed E-state index contributed by atoms with van der Waals surface area (Å²) in [4.78, 5) is 8.87. The van der Waals surface area contributed by atoms with Crippen LogP contribution in [-0.4, -0.2) is 16.5 Å². The van der Waals surface area contributed by atoms with E-state index < -0.39 is 0 Å². The predicted octanol–water partition coefficient (Wildman–Crippen LogP) is 2.63. The molecular weight excluding hydrogens is 198 g/mol. The highest BCUT2D eigenvalue weighted by Gasteiger charge is 2.26. The molecule has 1 fully saturated rings. The maximum absolute atomic E-state index is 4.52. The fourth-order valence-corrected chi connectivity index (χ4v) is 2.59. The Balaban J connectivity index is 2.14. The summed E-state index contributed by atoms with van der Waals surface area (Å²) in [7, 11) is 0. The molecule has 2 rings (SSSR count). The van der Waals surface area contributed by atoms with Crippen molar-refractivity contribution in [2.45, 2.75) is 45.6 Å². The lowest BCUT2D eigenvalue weighted by atomic mass is 9.95. The molecule has 1 heterocycles. The van der Waals surface area contributed by atoms with E-state index in [2.05, 4.69) is 22.2 Å². The summed E-state index contributed by atoms with van der Waals surface area (Å²) < 4.78 is 0. The Kier molecular flexibility index (Phi) is 3.88. The lowest BCUT2D eigenvalue weighted by Crippen LogP contribution is -2.27. The quantitative estimate of drug-likeness (QED) is 0.846. The molecule has 0 aliphatic heterocycles. The standard InChI is InChI=1S/C13H21N3/c1-3-14-13(11-6-4-5-7-11)12-9-15-10(2)8-16-12/h8-9,11,13-14H,3-7H2,1-2H3. The lowest BCUT2D eigenvalue weighted by molar-refractivity contribution is 0.366. The fourth-order valence-electron chi connectivity index (χ4n) is 2.59. The van der Waals surface area contributed by atoms with E-state index in [0.29, 0.717) is 6.04 Å². The Bertz CT molecular complexity index is 314. The van der Waals surface area contributed by atoms with Gasteiger partial charge in [0.1, 0.15) is 0 Å². The molecule has 1 saturated carbocycles. The molecule has 1 aliphatic carbocycles. The third-order valence-corrected chi connectivity index (χ3v) is 3.41. The van der Waals surface area contributed by atoms with E-state index in [1.807, 2.05) is 19.3 Å². The average molecular weight is 219 g/mol. The zero-order chi connectivity index (χ0) is 11.4. The van der Waals surface area contributed by atoms with Crippen LogP contribution < -0.4 is 5.32 Å². The maximum atomic E-state index is 4.52. The minimum absolute atomic E-state index is 0.403. The summed E-state index contributed by atoms with van der Waals surface area (Å²) in [5.74, 6) is 0.747. The van der Waals surface area contributed by atoms with Crippen LogP contribution in [0.15, 0.2) is 12.4 Å². The number of aryl methyl sites for hydroxylation is 1. The molecule has 1 atom stereocenters. The number of rotatable bonds is 4. The third-order valence-electron chi connectivity index (χ3n) is 3.41. The zero-order valence-electron chi connectivity index (χ0n) is 10.2. The van der Waals surface area contributed by atoms with Gasteiger partial charge in [0.2, 0.25) is 0 Å². The second-order valence-electron chi connectivity index (χ2n) is 4.66. The van der Waals surface area contributed by atoms with Crippen LogP contribution in [0.3, 0.4) is 0 Å². The summed E-state index contributed by atoms with van der Waals surface area (Å²) in [5.41, 5.74) is 2.10. The highest BCUT2D eigenvalue weighted by Crippen LogP contribution is 2.34. The Morgan fingerprint density at radius 1 is 1.31 bits per heavy atom. The Morgan fingerprint density at radius 3 is 2.62 bits per heavy atom. The van der Waals surface area contributed by atoms with Gasteiger partial charge in [-0.15, -0.1) is 0 Å². The van der Waals surface area contributed by atoms with Crippen molar-refractivity contribution in [2.75, 3.05) is 6.54 Å². The Morgan fingerprint density at radius 2 is 2.06 bits per heavy atom. The highest BCUT2D eigenvalue weighted by molar-refractivity contribution is 5.08. The number of nitrogens with zero attached hydrogens (tertiary/aromatic N) is 2. The summed E-state index contributed by atoms with van der Waals surface area (Å²) in [6.07, 6.45) is 9.19. The van der Waals surface area contributed by atoms with Crippen LogP contribution in [0, 0.1) is 12.8 Å². The van der Waals surface area contributed by atoms with E-state index in [1.165, 1.54) is 25.7 Å². The highest BCUT2D eigenvalue weighted by atomic mass is 15.0. The van der Waals surface area contributed by atoms with E-state index >= 15 is 0 Å². The monoisotopic (exact) mass is 219 g/mol. The zero-order valence-corrected chi connectivity index (χ0v) is 10.2. The van der Waals surface area contributed by atoms with E-state index in [9.17, 15) is 0 Å². The molecule has 3 nitrogen and oxygen atoms in total. The van der Waals surface area contributed by atoms with Crippen LogP contribution in [0.2, 0.25) is 0 Å². The Labute approximate surface area is 97.7 Å². The topological polar surface area (TPSA) is 37.8 Å². The van der Waals surface area contributed by atoms with Gasteiger partial charge in [0.25, 0.3) is 0 Å². The SMILES string of the molecule is CCNC(c1cnc(C)cn1)C1CCCC1. The van der Waals surface area contributed by atoms with Gasteiger partial charge >= 0.3 is 0 Å². The Hall–Kier alpha value is -0.960. The molecule has 1 N–H and O–H groups in total. The molecular formula is C13H21N3. The third kappa shape index (κ3) is 2.59. The first kappa shape index (κ1) is 11.5. The summed E-state index contributed by atoms with van der Waals surface area (Å²) in [6.45, 7) is 5.13. The lowest BCUT2D eigenvalue weighted by Gasteiger charge is -2.23. The molecule has 1 aromatic heterocycles. The molecule has 0 aromatic carbocycles. The van der Waals surface area contributed by atoms with Gasteiger partial charge < -0.3 is 5.32 Å². The van der Waals surface area contributed by atoms with Gasteiger partial charge in [-0.2, -0.15) is 0 Å². The second kappa shape index (κ2) is 5.39. The molecule has 88 valence electrons. The van der Waals surface area contributed by atoms with E-state index in [-0.39, 0.29) is 0 Å². The minimum atomic E-state index is 0.403. The van der Waals surface area contributed by atoms with Gasteiger partial charge in [-0.1, -0.05) is 19.8 Å². The van der Waals surface area contributed by atoms with Gasteiger partial charge in [0.15, 0.2) is 0 Å². The van der Waals surface area contributed by atoms with Crippen molar-refractivity contribution in [1.29, 1.82) is 0 Å². The molecule has 16 heavy (non-hydrogen) atoms. The van der Waals surface area contributed by atoms with Crippen LogP contribution in [0.25, 0.3) is 0 Å². The normalized spacial score (nSPS) is 18.9. The largest absolute Gasteiger partial charge is 0.309 e. The van der Waals surface area contributed by atoms with Gasteiger partial charge in [0, 0.05) is 6.20 Å². The number of aromatic nitrogens is 2. The smallest absolute Gasteiger partial charge is 0.0759 e. The summed E-state index contributed by atoms with van der Waals surface area (Å²) >= 11 is 0. The number of nitrogens with one attached hydrogen (secondary N) is 1. The van der Waals surface area contributed by atoms with Crippen LogP contribution >= 0.6 is 0 Å². The first-order valence-corrected chi connectivity index (χ1v) is 6.33. The van der Waals surface area contributed by atoms with Crippen molar-refractivity contribution in [2.24, 2.45) is 5.92 Å². The molecule has 0 radical (unpaired) electrons. The van der Waals surface area contributed by atoms with Crippen molar-refractivity contribution in [3.8, 4) is 0 Å². The second-order valence-corrected chi connectivity index (χ2v) is 4.66. The molecule has 0 amide bonds.